The monoisotopic (exact) mass is 454 g/mol. The molecule has 2 N–H and O–H groups in total. The summed E-state index contributed by atoms with van der Waals surface area (Å²) >= 11 is 0. The average molecular weight is 456 g/mol. The van der Waals surface area contributed by atoms with Crippen molar-refractivity contribution >= 4 is 43.1 Å². The lowest BCUT2D eigenvalue weighted by Gasteiger charge is -2.34. The van der Waals surface area contributed by atoms with Gasteiger partial charge in [-0.15, -0.1) is 37.2 Å². The normalized spacial score (nSPS) is 15.5. The zero-order valence-corrected chi connectivity index (χ0v) is 19.5. The summed E-state index contributed by atoms with van der Waals surface area (Å²) < 4.78 is 0. The highest BCUT2D eigenvalue weighted by atomic mass is 35.5. The molecule has 1 heterocycles. The summed E-state index contributed by atoms with van der Waals surface area (Å²) in [6.07, 6.45) is 2.21. The second-order valence-corrected chi connectivity index (χ2v) is 7.06. The highest BCUT2D eigenvalue weighted by Crippen LogP contribution is 2.09. The third-order valence-corrected chi connectivity index (χ3v) is 4.87. The summed E-state index contributed by atoms with van der Waals surface area (Å²) in [6.45, 7) is 10.3. The number of nitrogens with one attached hydrogen (secondary N) is 2. The van der Waals surface area contributed by atoms with E-state index >= 15 is 0 Å². The first-order chi connectivity index (χ1) is 12.2. The molecule has 5 nitrogen and oxygen atoms in total. The van der Waals surface area contributed by atoms with E-state index in [9.17, 15) is 4.79 Å². The molecule has 28 heavy (non-hydrogen) atoms. The zero-order chi connectivity index (χ0) is 17.9. The fourth-order valence-corrected chi connectivity index (χ4v) is 3.26. The van der Waals surface area contributed by atoms with Crippen molar-refractivity contribution in [2.24, 2.45) is 5.92 Å². The molecule has 1 saturated heterocycles. The second-order valence-electron chi connectivity index (χ2n) is 7.06. The molecule has 1 aromatic carbocycles. The van der Waals surface area contributed by atoms with Crippen LogP contribution in [0.15, 0.2) is 30.3 Å². The van der Waals surface area contributed by atoms with Crippen molar-refractivity contribution in [3.63, 3.8) is 0 Å². The van der Waals surface area contributed by atoms with Gasteiger partial charge in [0.1, 0.15) is 0 Å². The van der Waals surface area contributed by atoms with Crippen molar-refractivity contribution in [2.45, 2.75) is 26.3 Å². The van der Waals surface area contributed by atoms with Crippen LogP contribution >= 0.6 is 37.2 Å². The Bertz CT molecular complexity index is 499. The molecule has 0 radical (unpaired) electrons. The van der Waals surface area contributed by atoms with Gasteiger partial charge < -0.3 is 15.5 Å². The summed E-state index contributed by atoms with van der Waals surface area (Å²) in [6, 6.07) is 10.7. The number of rotatable bonds is 10. The number of carbonyl (C=O) groups is 1. The van der Waals surface area contributed by atoms with Crippen LogP contribution in [0.1, 0.15) is 25.3 Å². The minimum Gasteiger partial charge on any atom is -0.356 e. The Morgan fingerprint density at radius 3 is 2.21 bits per heavy atom. The molecular formula is C20H37Cl3N4O. The number of amides is 1. The van der Waals surface area contributed by atoms with E-state index in [0.717, 1.165) is 65.2 Å². The predicted octanol–water partition coefficient (Wildman–Crippen LogP) is 2.82. The van der Waals surface area contributed by atoms with E-state index in [2.05, 4.69) is 50.8 Å². The first kappa shape index (κ1) is 29.6. The Labute approximate surface area is 189 Å². The fourth-order valence-electron chi connectivity index (χ4n) is 3.26. The van der Waals surface area contributed by atoms with Crippen molar-refractivity contribution < 1.29 is 4.79 Å². The summed E-state index contributed by atoms with van der Waals surface area (Å²) in [5.74, 6) is 0.201. The molecule has 1 aliphatic heterocycles. The molecule has 164 valence electrons. The number of halogens is 3. The average Bonchev–Trinajstić information content (AvgIpc) is 2.63. The first-order valence-corrected chi connectivity index (χ1v) is 9.60. The molecule has 0 aliphatic carbocycles. The van der Waals surface area contributed by atoms with Gasteiger partial charge in [0.2, 0.25) is 5.91 Å². The highest BCUT2D eigenvalue weighted by Gasteiger charge is 2.16. The van der Waals surface area contributed by atoms with Crippen LogP contribution in [0.2, 0.25) is 0 Å². The molecule has 0 bridgehead atoms. The molecule has 8 heteroatoms. The molecule has 0 spiro atoms. The SMILES string of the molecule is CNCC(C)C(=O)NCCCCN1CCN(Cc2ccccc2)CC1.Cl.Cl.Cl. The Kier molecular flexibility index (Phi) is 18.3. The van der Waals surface area contributed by atoms with Gasteiger partial charge in [0.15, 0.2) is 0 Å². The minimum atomic E-state index is 0. The second kappa shape index (κ2) is 17.3. The van der Waals surface area contributed by atoms with E-state index in [4.69, 9.17) is 0 Å². The summed E-state index contributed by atoms with van der Waals surface area (Å²) in [7, 11) is 1.88. The number of hydrogen-bond acceptors (Lipinski definition) is 4. The van der Waals surface area contributed by atoms with Crippen molar-refractivity contribution in [1.82, 2.24) is 20.4 Å². The first-order valence-electron chi connectivity index (χ1n) is 9.60. The van der Waals surface area contributed by atoms with Gasteiger partial charge in [0, 0.05) is 51.7 Å². The number of benzene rings is 1. The minimum absolute atomic E-state index is 0. The van der Waals surface area contributed by atoms with E-state index < -0.39 is 0 Å². The van der Waals surface area contributed by atoms with Crippen molar-refractivity contribution in [2.75, 3.05) is 52.9 Å². The lowest BCUT2D eigenvalue weighted by atomic mass is 10.1. The number of carbonyl (C=O) groups excluding carboxylic acids is 1. The Morgan fingerprint density at radius 2 is 1.61 bits per heavy atom. The van der Waals surface area contributed by atoms with Gasteiger partial charge in [-0.3, -0.25) is 9.69 Å². The molecule has 2 rings (SSSR count). The molecule has 1 unspecified atom stereocenters. The van der Waals surface area contributed by atoms with Crippen molar-refractivity contribution in [3.05, 3.63) is 35.9 Å². The Balaban J connectivity index is 0. The largest absolute Gasteiger partial charge is 0.356 e. The summed E-state index contributed by atoms with van der Waals surface area (Å²) in [5, 5.41) is 6.07. The topological polar surface area (TPSA) is 47.6 Å². The molecule has 0 aromatic heterocycles. The van der Waals surface area contributed by atoms with Gasteiger partial charge in [-0.05, 0) is 32.0 Å². The maximum absolute atomic E-state index is 11.8. The molecule has 0 saturated carbocycles. The smallest absolute Gasteiger partial charge is 0.224 e. The van der Waals surface area contributed by atoms with Gasteiger partial charge in [-0.2, -0.15) is 0 Å². The van der Waals surface area contributed by atoms with Crippen molar-refractivity contribution in [3.8, 4) is 0 Å². The van der Waals surface area contributed by atoms with Crippen LogP contribution in [0.3, 0.4) is 0 Å². The van der Waals surface area contributed by atoms with Crippen LogP contribution < -0.4 is 10.6 Å². The number of nitrogens with zero attached hydrogens (tertiary/aromatic N) is 2. The van der Waals surface area contributed by atoms with E-state index in [1.54, 1.807) is 0 Å². The van der Waals surface area contributed by atoms with Crippen LogP contribution in [-0.4, -0.2) is 68.6 Å². The van der Waals surface area contributed by atoms with Crippen molar-refractivity contribution in [1.29, 1.82) is 0 Å². The predicted molar refractivity (Wildman–Crippen MR) is 125 cm³/mol. The van der Waals surface area contributed by atoms with Gasteiger partial charge in [-0.1, -0.05) is 37.3 Å². The summed E-state index contributed by atoms with van der Waals surface area (Å²) in [5.41, 5.74) is 1.40. The van der Waals surface area contributed by atoms with Crippen LogP contribution in [0.4, 0.5) is 0 Å². The Hall–Kier alpha value is -0.560. The highest BCUT2D eigenvalue weighted by molar-refractivity contribution is 5.86. The van der Waals surface area contributed by atoms with Gasteiger partial charge in [-0.25, -0.2) is 0 Å². The van der Waals surface area contributed by atoms with Crippen LogP contribution in [0.25, 0.3) is 0 Å². The van der Waals surface area contributed by atoms with Gasteiger partial charge in [0.25, 0.3) is 0 Å². The third kappa shape index (κ3) is 11.4. The van der Waals surface area contributed by atoms with Gasteiger partial charge >= 0.3 is 0 Å². The molecular weight excluding hydrogens is 419 g/mol. The number of hydrogen-bond donors (Lipinski definition) is 2. The maximum atomic E-state index is 11.8. The quantitative estimate of drug-likeness (QED) is 0.533. The lowest BCUT2D eigenvalue weighted by molar-refractivity contribution is -0.124. The zero-order valence-electron chi connectivity index (χ0n) is 17.1. The standard InChI is InChI=1S/C20H34N4O.3ClH/c1-18(16-21-2)20(25)22-10-6-7-11-23-12-14-24(15-13-23)17-19-8-4-3-5-9-19;;;/h3-5,8-9,18,21H,6-7,10-17H2,1-2H3,(H,22,25);3*1H. The maximum Gasteiger partial charge on any atom is 0.224 e. The van der Waals surface area contributed by atoms with E-state index in [1.807, 2.05) is 14.0 Å². The van der Waals surface area contributed by atoms with Gasteiger partial charge in [0.05, 0.1) is 0 Å². The van der Waals surface area contributed by atoms with Crippen LogP contribution in [0.5, 0.6) is 0 Å². The summed E-state index contributed by atoms with van der Waals surface area (Å²) in [4.78, 5) is 16.9. The lowest BCUT2D eigenvalue weighted by Crippen LogP contribution is -2.46. The molecule has 1 fully saturated rings. The number of unbranched alkanes of at least 4 members (excludes halogenated alkanes) is 1. The van der Waals surface area contributed by atoms with Crippen LogP contribution in [0, 0.1) is 5.92 Å². The number of piperazine rings is 1. The molecule has 1 aliphatic rings. The third-order valence-electron chi connectivity index (χ3n) is 4.87. The molecule has 1 amide bonds. The molecule has 1 aromatic rings. The van der Waals surface area contributed by atoms with E-state index in [0.29, 0.717) is 0 Å². The fraction of sp³-hybridized carbons (Fsp3) is 0.650. The molecule has 1 atom stereocenters. The Morgan fingerprint density at radius 1 is 1.00 bits per heavy atom. The van der Waals surface area contributed by atoms with Crippen LogP contribution in [-0.2, 0) is 11.3 Å². The van der Waals surface area contributed by atoms with E-state index in [-0.39, 0.29) is 49.0 Å². The van der Waals surface area contributed by atoms with E-state index in [1.165, 1.54) is 5.56 Å².